The molecule has 11 rings (SSSR count). The van der Waals surface area contributed by atoms with Crippen LogP contribution in [0, 0.1) is 0 Å². The normalized spacial score (nSPS) is 11.5. The van der Waals surface area contributed by atoms with E-state index in [0.717, 1.165) is 88.3 Å². The summed E-state index contributed by atoms with van der Waals surface area (Å²) in [6, 6.07) is 66.7. The van der Waals surface area contributed by atoms with Crippen molar-refractivity contribution >= 4 is 43.6 Å². The van der Waals surface area contributed by atoms with Crippen molar-refractivity contribution in [1.82, 2.24) is 19.9 Å². The van der Waals surface area contributed by atoms with Gasteiger partial charge in [0.1, 0.15) is 11.2 Å². The van der Waals surface area contributed by atoms with E-state index in [1.165, 1.54) is 5.56 Å². The van der Waals surface area contributed by atoms with Gasteiger partial charge in [0.05, 0.1) is 11.2 Å². The molecule has 0 saturated carbocycles. The van der Waals surface area contributed by atoms with Crippen molar-refractivity contribution in [1.29, 1.82) is 0 Å². The lowest BCUT2D eigenvalue weighted by Crippen LogP contribution is -2.00. The number of benzene rings is 8. The van der Waals surface area contributed by atoms with Crippen LogP contribution in [0.2, 0.25) is 0 Å². The summed E-state index contributed by atoms with van der Waals surface area (Å²) in [4.78, 5) is 20.1. The second-order valence-corrected chi connectivity index (χ2v) is 14.2. The first kappa shape index (κ1) is 32.7. The minimum absolute atomic E-state index is 0.612. The number of nitrogens with zero attached hydrogens (tertiary/aromatic N) is 4. The minimum Gasteiger partial charge on any atom is -0.455 e. The lowest BCUT2D eigenvalue weighted by molar-refractivity contribution is 0.674. The zero-order chi connectivity index (χ0) is 37.7. The lowest BCUT2D eigenvalue weighted by Gasteiger charge is -2.10. The highest BCUT2D eigenvalue weighted by atomic mass is 16.3. The zero-order valence-corrected chi connectivity index (χ0v) is 30.7. The van der Waals surface area contributed by atoms with Gasteiger partial charge in [0.2, 0.25) is 0 Å². The number of para-hydroxylation sites is 2. The van der Waals surface area contributed by atoms with Gasteiger partial charge in [-0.15, -0.1) is 0 Å². The van der Waals surface area contributed by atoms with E-state index in [1.807, 2.05) is 48.5 Å². The van der Waals surface area contributed by atoms with Gasteiger partial charge >= 0.3 is 0 Å². The molecule has 0 amide bonds. The SMILES string of the molecule is c1ccc(-c2ccc(-c3nc(-c4ccccc4)nc(-c4ccc(-c5cccc6c5oc5c6ccc6c(-c7ccccc7)nc7ccccc7c65)cc4)n3)cc2)cc1. The van der Waals surface area contributed by atoms with Gasteiger partial charge in [-0.2, -0.15) is 0 Å². The molecule has 0 atom stereocenters. The van der Waals surface area contributed by atoms with E-state index in [9.17, 15) is 0 Å². The third-order valence-electron chi connectivity index (χ3n) is 10.7. The van der Waals surface area contributed by atoms with Crippen LogP contribution in [0.1, 0.15) is 0 Å². The van der Waals surface area contributed by atoms with Crippen molar-refractivity contribution in [2.24, 2.45) is 0 Å². The van der Waals surface area contributed by atoms with Gasteiger partial charge in [0, 0.05) is 54.7 Å². The molecule has 57 heavy (non-hydrogen) atoms. The van der Waals surface area contributed by atoms with Crippen LogP contribution >= 0.6 is 0 Å². The highest BCUT2D eigenvalue weighted by Crippen LogP contribution is 2.43. The molecule has 8 aromatic carbocycles. The van der Waals surface area contributed by atoms with Gasteiger partial charge < -0.3 is 4.42 Å². The molecule has 266 valence electrons. The van der Waals surface area contributed by atoms with Gasteiger partial charge in [-0.1, -0.05) is 182 Å². The molecule has 5 heteroatoms. The van der Waals surface area contributed by atoms with E-state index in [-0.39, 0.29) is 0 Å². The van der Waals surface area contributed by atoms with Crippen LogP contribution in [0.3, 0.4) is 0 Å². The van der Waals surface area contributed by atoms with Gasteiger partial charge in [-0.05, 0) is 28.8 Å². The van der Waals surface area contributed by atoms with E-state index < -0.39 is 0 Å². The molecule has 0 aliphatic rings. The summed E-state index contributed by atoms with van der Waals surface area (Å²) in [6.45, 7) is 0. The average molecular weight is 729 g/mol. The Hall–Kier alpha value is -7.76. The highest BCUT2D eigenvalue weighted by Gasteiger charge is 2.19. The molecule has 3 heterocycles. The predicted molar refractivity (Wildman–Crippen MR) is 233 cm³/mol. The number of furan rings is 1. The van der Waals surface area contributed by atoms with Crippen LogP contribution in [0.4, 0.5) is 0 Å². The van der Waals surface area contributed by atoms with E-state index >= 15 is 0 Å². The molecule has 0 spiro atoms. The molecule has 3 aromatic heterocycles. The van der Waals surface area contributed by atoms with Gasteiger partial charge in [-0.25, -0.2) is 19.9 Å². The number of aromatic nitrogens is 4. The molecule has 0 N–H and O–H groups in total. The molecular formula is C52H32N4O. The summed E-state index contributed by atoms with van der Waals surface area (Å²) in [5.41, 5.74) is 11.8. The maximum Gasteiger partial charge on any atom is 0.164 e. The van der Waals surface area contributed by atoms with E-state index in [0.29, 0.717) is 17.5 Å². The number of rotatable bonds is 6. The first-order chi connectivity index (χ1) is 28.2. The Labute approximate surface area is 328 Å². The van der Waals surface area contributed by atoms with E-state index in [1.54, 1.807) is 0 Å². The van der Waals surface area contributed by atoms with Crippen molar-refractivity contribution < 1.29 is 4.42 Å². The number of fused-ring (bicyclic) bond motifs is 7. The Morgan fingerprint density at radius 3 is 1.39 bits per heavy atom. The fraction of sp³-hybridized carbons (Fsp3) is 0. The van der Waals surface area contributed by atoms with Crippen LogP contribution in [0.25, 0.3) is 111 Å². The Balaban J connectivity index is 1.02. The van der Waals surface area contributed by atoms with Crippen LogP contribution in [0.5, 0.6) is 0 Å². The second kappa shape index (κ2) is 13.5. The molecule has 0 fully saturated rings. The summed E-state index contributed by atoms with van der Waals surface area (Å²) in [5.74, 6) is 1.87. The van der Waals surface area contributed by atoms with Crippen LogP contribution < -0.4 is 0 Å². The van der Waals surface area contributed by atoms with Crippen molar-refractivity contribution in [3.05, 3.63) is 194 Å². The van der Waals surface area contributed by atoms with Crippen LogP contribution in [-0.4, -0.2) is 19.9 Å². The molecule has 0 radical (unpaired) electrons. The Bertz CT molecular complexity index is 3250. The summed E-state index contributed by atoms with van der Waals surface area (Å²) in [7, 11) is 0. The fourth-order valence-electron chi connectivity index (χ4n) is 7.92. The van der Waals surface area contributed by atoms with Crippen molar-refractivity contribution in [3.63, 3.8) is 0 Å². The average Bonchev–Trinajstić information content (AvgIpc) is 3.69. The number of hydrogen-bond donors (Lipinski definition) is 0. The van der Waals surface area contributed by atoms with Gasteiger partial charge in [-0.3, -0.25) is 0 Å². The highest BCUT2D eigenvalue weighted by molar-refractivity contribution is 6.25. The number of pyridine rings is 1. The predicted octanol–water partition coefficient (Wildman–Crippen LogP) is 13.5. The fourth-order valence-corrected chi connectivity index (χ4v) is 7.92. The third-order valence-corrected chi connectivity index (χ3v) is 10.7. The van der Waals surface area contributed by atoms with Crippen molar-refractivity contribution in [2.45, 2.75) is 0 Å². The lowest BCUT2D eigenvalue weighted by atomic mass is 9.97. The van der Waals surface area contributed by atoms with Gasteiger partial charge in [0.25, 0.3) is 0 Å². The molecule has 5 nitrogen and oxygen atoms in total. The maximum absolute atomic E-state index is 6.97. The molecular weight excluding hydrogens is 697 g/mol. The van der Waals surface area contributed by atoms with Crippen LogP contribution in [0.15, 0.2) is 199 Å². The molecule has 11 aromatic rings. The zero-order valence-electron chi connectivity index (χ0n) is 30.7. The molecule has 0 aliphatic carbocycles. The summed E-state index contributed by atoms with van der Waals surface area (Å²) < 4.78 is 6.97. The smallest absolute Gasteiger partial charge is 0.164 e. The Morgan fingerprint density at radius 1 is 0.281 bits per heavy atom. The molecule has 0 unspecified atom stereocenters. The van der Waals surface area contributed by atoms with Crippen molar-refractivity contribution in [2.75, 3.05) is 0 Å². The third kappa shape index (κ3) is 5.72. The summed E-state index contributed by atoms with van der Waals surface area (Å²) in [6.07, 6.45) is 0. The summed E-state index contributed by atoms with van der Waals surface area (Å²) >= 11 is 0. The quantitative estimate of drug-likeness (QED) is 0.160. The Morgan fingerprint density at radius 2 is 0.737 bits per heavy atom. The largest absolute Gasteiger partial charge is 0.455 e. The molecule has 0 aliphatic heterocycles. The van der Waals surface area contributed by atoms with Crippen molar-refractivity contribution in [3.8, 4) is 67.7 Å². The monoisotopic (exact) mass is 728 g/mol. The standard InChI is InChI=1S/C52H32N4O/c1-4-13-33(14-5-1)34-23-27-38(28-24-34)51-54-50(37-17-8-3-9-18-37)55-52(56-51)39-29-25-35(26-30-39)40-20-12-21-41-42-31-32-44-46(49(42)57-48(40)41)43-19-10-11-22-45(43)53-47(44)36-15-6-2-7-16-36/h1-32H. The second-order valence-electron chi connectivity index (χ2n) is 14.2. The van der Waals surface area contributed by atoms with Crippen LogP contribution in [-0.2, 0) is 0 Å². The van der Waals surface area contributed by atoms with E-state index in [2.05, 4.69) is 146 Å². The topological polar surface area (TPSA) is 64.7 Å². The Kier molecular flexibility index (Phi) is 7.74. The van der Waals surface area contributed by atoms with Gasteiger partial charge in [0.15, 0.2) is 17.5 Å². The summed E-state index contributed by atoms with van der Waals surface area (Å²) in [5, 5.41) is 5.36. The molecule has 0 saturated heterocycles. The maximum atomic E-state index is 6.97. The number of hydrogen-bond acceptors (Lipinski definition) is 5. The first-order valence-electron chi connectivity index (χ1n) is 19.1. The first-order valence-corrected chi connectivity index (χ1v) is 19.1. The minimum atomic E-state index is 0.612. The molecule has 0 bridgehead atoms. The van der Waals surface area contributed by atoms with E-state index in [4.69, 9.17) is 24.4 Å².